The fraction of sp³-hybridized carbons (Fsp3) is 0.333. The number of imidazole rings is 1. The minimum absolute atomic E-state index is 0.0654. The van der Waals surface area contributed by atoms with Gasteiger partial charge in [-0.25, -0.2) is 4.98 Å². The fourth-order valence-electron chi connectivity index (χ4n) is 5.07. The maximum Gasteiger partial charge on any atom is 0.234 e. The highest BCUT2D eigenvalue weighted by Gasteiger charge is 2.22. The van der Waals surface area contributed by atoms with Gasteiger partial charge in [0, 0.05) is 61.5 Å². The SMILES string of the molecule is CN(CC(=O)NCC(c1ccccc1)c1c[nH]c2ccccc12)CC1CCn2ccnc2C1. The molecule has 4 aromatic rings. The Hall–Kier alpha value is -3.38. The molecule has 170 valence electrons. The normalized spacial score (nSPS) is 16.6. The number of aromatic nitrogens is 3. The predicted molar refractivity (Wildman–Crippen MR) is 131 cm³/mol. The molecule has 6 heteroatoms. The Balaban J connectivity index is 1.22. The first-order chi connectivity index (χ1) is 16.2. The summed E-state index contributed by atoms with van der Waals surface area (Å²) >= 11 is 0. The van der Waals surface area contributed by atoms with Gasteiger partial charge in [-0.3, -0.25) is 9.69 Å². The molecular formula is C27H31N5O. The summed E-state index contributed by atoms with van der Waals surface area (Å²) in [7, 11) is 2.04. The van der Waals surface area contributed by atoms with Crippen molar-refractivity contribution < 1.29 is 4.79 Å². The second kappa shape index (κ2) is 9.63. The molecule has 2 N–H and O–H groups in total. The maximum absolute atomic E-state index is 12.8. The second-order valence-corrected chi connectivity index (χ2v) is 9.15. The van der Waals surface area contributed by atoms with Crippen LogP contribution in [0.5, 0.6) is 0 Å². The molecule has 2 unspecified atom stereocenters. The highest BCUT2D eigenvalue weighted by atomic mass is 16.2. The number of para-hydroxylation sites is 1. The molecule has 1 aliphatic rings. The van der Waals surface area contributed by atoms with Gasteiger partial charge >= 0.3 is 0 Å². The van der Waals surface area contributed by atoms with Crippen LogP contribution >= 0.6 is 0 Å². The van der Waals surface area contributed by atoms with Gasteiger partial charge in [0.25, 0.3) is 0 Å². The third-order valence-electron chi connectivity index (χ3n) is 6.74. The van der Waals surface area contributed by atoms with E-state index >= 15 is 0 Å². The Morgan fingerprint density at radius 2 is 2.03 bits per heavy atom. The van der Waals surface area contributed by atoms with Crippen LogP contribution in [0.3, 0.4) is 0 Å². The molecule has 0 saturated heterocycles. The molecule has 1 aliphatic heterocycles. The molecule has 0 saturated carbocycles. The minimum atomic E-state index is 0.0654. The number of benzene rings is 2. The molecule has 0 aliphatic carbocycles. The van der Waals surface area contributed by atoms with Gasteiger partial charge < -0.3 is 14.9 Å². The fourth-order valence-corrected chi connectivity index (χ4v) is 5.07. The number of aryl methyl sites for hydroxylation is 1. The molecule has 33 heavy (non-hydrogen) atoms. The van der Waals surface area contributed by atoms with Gasteiger partial charge in [-0.1, -0.05) is 48.5 Å². The van der Waals surface area contributed by atoms with Gasteiger partial charge in [0.1, 0.15) is 5.82 Å². The van der Waals surface area contributed by atoms with Crippen molar-refractivity contribution >= 4 is 16.8 Å². The third kappa shape index (κ3) is 4.86. The lowest BCUT2D eigenvalue weighted by molar-refractivity contribution is -0.122. The molecule has 0 fully saturated rings. The molecule has 5 rings (SSSR count). The van der Waals surface area contributed by atoms with E-state index in [0.29, 0.717) is 19.0 Å². The molecule has 3 heterocycles. The van der Waals surface area contributed by atoms with Crippen LogP contribution in [0.4, 0.5) is 0 Å². The van der Waals surface area contributed by atoms with E-state index in [1.807, 2.05) is 25.4 Å². The van der Waals surface area contributed by atoms with E-state index in [-0.39, 0.29) is 11.8 Å². The summed E-state index contributed by atoms with van der Waals surface area (Å²) in [6, 6.07) is 18.7. The summed E-state index contributed by atoms with van der Waals surface area (Å²) < 4.78 is 2.23. The Kier molecular flexibility index (Phi) is 6.26. The lowest BCUT2D eigenvalue weighted by atomic mass is 9.91. The lowest BCUT2D eigenvalue weighted by Crippen LogP contribution is -2.40. The molecule has 0 spiro atoms. The van der Waals surface area contributed by atoms with Crippen LogP contribution < -0.4 is 5.32 Å². The summed E-state index contributed by atoms with van der Waals surface area (Å²) in [6.07, 6.45) is 8.13. The first-order valence-corrected chi connectivity index (χ1v) is 11.7. The van der Waals surface area contributed by atoms with Crippen LogP contribution in [-0.2, 0) is 17.8 Å². The highest BCUT2D eigenvalue weighted by Crippen LogP contribution is 2.30. The van der Waals surface area contributed by atoms with Crippen LogP contribution in [0.15, 0.2) is 73.2 Å². The van der Waals surface area contributed by atoms with E-state index in [1.54, 1.807) is 0 Å². The van der Waals surface area contributed by atoms with Gasteiger partial charge in [-0.15, -0.1) is 0 Å². The summed E-state index contributed by atoms with van der Waals surface area (Å²) in [5, 5.41) is 4.41. The van der Waals surface area contributed by atoms with E-state index in [4.69, 9.17) is 0 Å². The van der Waals surface area contributed by atoms with E-state index in [2.05, 4.69) is 79.6 Å². The number of likely N-dealkylation sites (N-methyl/N-ethyl adjacent to an activating group) is 1. The van der Waals surface area contributed by atoms with Crippen molar-refractivity contribution in [3.63, 3.8) is 0 Å². The first kappa shape index (κ1) is 21.5. The molecule has 2 aromatic heterocycles. The van der Waals surface area contributed by atoms with Crippen molar-refractivity contribution in [2.75, 3.05) is 26.7 Å². The van der Waals surface area contributed by atoms with E-state index in [0.717, 1.165) is 37.3 Å². The Bertz CT molecular complexity index is 1210. The Labute approximate surface area is 194 Å². The highest BCUT2D eigenvalue weighted by molar-refractivity contribution is 5.84. The number of H-pyrrole nitrogens is 1. The molecule has 6 nitrogen and oxygen atoms in total. The smallest absolute Gasteiger partial charge is 0.234 e. The molecule has 0 bridgehead atoms. The quantitative estimate of drug-likeness (QED) is 0.437. The standard InChI is InChI=1S/C27H31N5O/c1-31(18-20-11-13-32-14-12-28-26(32)15-20)19-27(33)30-16-23(21-7-3-2-4-8-21)24-17-29-25-10-6-5-9-22(24)25/h2-10,12,14,17,20,23,29H,11,13,15-16,18-19H2,1H3,(H,30,33). The molecule has 2 atom stereocenters. The number of rotatable bonds is 8. The Morgan fingerprint density at radius 3 is 2.91 bits per heavy atom. The van der Waals surface area contributed by atoms with Crippen LogP contribution in [-0.4, -0.2) is 52.0 Å². The average molecular weight is 442 g/mol. The number of carbonyl (C=O) groups is 1. The van der Waals surface area contributed by atoms with Gasteiger partial charge in [0.2, 0.25) is 5.91 Å². The number of hydrogen-bond acceptors (Lipinski definition) is 3. The van der Waals surface area contributed by atoms with Crippen LogP contribution in [0.1, 0.15) is 29.3 Å². The van der Waals surface area contributed by atoms with Crippen molar-refractivity contribution in [1.82, 2.24) is 24.8 Å². The maximum atomic E-state index is 12.8. The van der Waals surface area contributed by atoms with Crippen molar-refractivity contribution in [3.8, 4) is 0 Å². The Morgan fingerprint density at radius 1 is 1.21 bits per heavy atom. The summed E-state index contributed by atoms with van der Waals surface area (Å²) in [4.78, 5) is 22.8. The molecule has 1 amide bonds. The summed E-state index contributed by atoms with van der Waals surface area (Å²) in [5.74, 6) is 1.86. The average Bonchev–Trinajstić information content (AvgIpc) is 3.47. The number of aromatic amines is 1. The zero-order valence-corrected chi connectivity index (χ0v) is 19.1. The minimum Gasteiger partial charge on any atom is -0.361 e. The number of hydrogen-bond donors (Lipinski definition) is 2. The molecule has 2 aromatic carbocycles. The van der Waals surface area contributed by atoms with Gasteiger partial charge in [0.15, 0.2) is 0 Å². The van der Waals surface area contributed by atoms with Crippen LogP contribution in [0.25, 0.3) is 10.9 Å². The van der Waals surface area contributed by atoms with E-state index in [1.165, 1.54) is 16.5 Å². The first-order valence-electron chi connectivity index (χ1n) is 11.7. The van der Waals surface area contributed by atoms with Gasteiger partial charge in [0.05, 0.1) is 6.54 Å². The van der Waals surface area contributed by atoms with Crippen LogP contribution in [0, 0.1) is 5.92 Å². The third-order valence-corrected chi connectivity index (χ3v) is 6.74. The second-order valence-electron chi connectivity index (χ2n) is 9.15. The van der Waals surface area contributed by atoms with E-state index < -0.39 is 0 Å². The number of nitrogens with zero attached hydrogens (tertiary/aromatic N) is 3. The van der Waals surface area contributed by atoms with Gasteiger partial charge in [-0.2, -0.15) is 0 Å². The largest absolute Gasteiger partial charge is 0.361 e. The summed E-state index contributed by atoms with van der Waals surface area (Å²) in [5.41, 5.74) is 3.53. The lowest BCUT2D eigenvalue weighted by Gasteiger charge is -2.27. The van der Waals surface area contributed by atoms with Crippen molar-refractivity contribution in [2.24, 2.45) is 5.92 Å². The van der Waals surface area contributed by atoms with Gasteiger partial charge in [-0.05, 0) is 36.6 Å². The zero-order chi connectivity index (χ0) is 22.6. The number of fused-ring (bicyclic) bond motifs is 2. The number of nitrogens with one attached hydrogen (secondary N) is 2. The molecule has 0 radical (unpaired) electrons. The molecular weight excluding hydrogens is 410 g/mol. The van der Waals surface area contributed by atoms with Crippen LogP contribution in [0.2, 0.25) is 0 Å². The number of amides is 1. The summed E-state index contributed by atoms with van der Waals surface area (Å²) in [6.45, 7) is 2.90. The van der Waals surface area contributed by atoms with Crippen molar-refractivity contribution in [1.29, 1.82) is 0 Å². The van der Waals surface area contributed by atoms with Crippen molar-refractivity contribution in [3.05, 3.63) is 90.1 Å². The number of carbonyl (C=O) groups excluding carboxylic acids is 1. The zero-order valence-electron chi connectivity index (χ0n) is 19.1. The monoisotopic (exact) mass is 441 g/mol. The topological polar surface area (TPSA) is 66.0 Å². The predicted octanol–water partition coefficient (Wildman–Crippen LogP) is 3.81. The van der Waals surface area contributed by atoms with E-state index in [9.17, 15) is 4.79 Å². The van der Waals surface area contributed by atoms with Crippen molar-refractivity contribution in [2.45, 2.75) is 25.3 Å².